The van der Waals surface area contributed by atoms with Crippen molar-refractivity contribution in [1.82, 2.24) is 15.5 Å². The monoisotopic (exact) mass is 384 g/mol. The molecular formula is C18H32N4O3S. The molecule has 2 aliphatic heterocycles. The Bertz CT molecular complexity index is 541. The van der Waals surface area contributed by atoms with Crippen LogP contribution in [0.25, 0.3) is 0 Å². The van der Waals surface area contributed by atoms with Crippen LogP contribution in [0.5, 0.6) is 0 Å². The van der Waals surface area contributed by atoms with Crippen molar-refractivity contribution in [3.05, 3.63) is 0 Å². The summed E-state index contributed by atoms with van der Waals surface area (Å²) in [4.78, 5) is 38.1. The molecule has 7 nitrogen and oxygen atoms in total. The van der Waals surface area contributed by atoms with Crippen LogP contribution < -0.4 is 16.4 Å². The summed E-state index contributed by atoms with van der Waals surface area (Å²) in [6.07, 6.45) is 4.50. The van der Waals surface area contributed by atoms with E-state index in [1.165, 1.54) is 0 Å². The standard InChI is InChI=1S/C18H32N4O3S/c1-18(2)10-16-22(13(18)6-4-5-7-14(19)23)17(25)12(8-9-26-16)21-15(24)11-20-3/h12-13,16,20H,4-11H2,1-3H3,(H2,19,23)(H,21,24)/t12-,13?,16?/m0/s1. The Hall–Kier alpha value is -1.28. The third-order valence-corrected chi connectivity index (χ3v) is 6.59. The molecule has 2 heterocycles. The van der Waals surface area contributed by atoms with Gasteiger partial charge in [-0.15, -0.1) is 11.8 Å². The summed E-state index contributed by atoms with van der Waals surface area (Å²) in [5, 5.41) is 5.88. The number of thioether (sulfide) groups is 1. The number of hydrogen-bond acceptors (Lipinski definition) is 5. The lowest BCUT2D eigenvalue weighted by molar-refractivity contribution is -0.138. The van der Waals surface area contributed by atoms with Crippen molar-refractivity contribution in [3.8, 4) is 0 Å². The van der Waals surface area contributed by atoms with Gasteiger partial charge >= 0.3 is 0 Å². The van der Waals surface area contributed by atoms with E-state index < -0.39 is 6.04 Å². The second kappa shape index (κ2) is 9.08. The van der Waals surface area contributed by atoms with E-state index in [1.54, 1.807) is 7.05 Å². The Morgan fingerprint density at radius 1 is 1.35 bits per heavy atom. The second-order valence-electron chi connectivity index (χ2n) is 7.93. The number of nitrogens with two attached hydrogens (primary N) is 1. The Morgan fingerprint density at radius 3 is 2.73 bits per heavy atom. The van der Waals surface area contributed by atoms with Gasteiger partial charge in [-0.1, -0.05) is 20.3 Å². The molecule has 0 aliphatic carbocycles. The minimum absolute atomic E-state index is 0.0247. The first kappa shape index (κ1) is 21.0. The van der Waals surface area contributed by atoms with Gasteiger partial charge < -0.3 is 21.3 Å². The fourth-order valence-electron chi connectivity index (χ4n) is 4.03. The number of unbranched alkanes of at least 4 members (excludes halogenated alkanes) is 1. The van der Waals surface area contributed by atoms with Crippen molar-refractivity contribution in [3.63, 3.8) is 0 Å². The van der Waals surface area contributed by atoms with Gasteiger partial charge in [0.15, 0.2) is 0 Å². The number of carbonyl (C=O) groups excluding carboxylic acids is 3. The average molecular weight is 385 g/mol. The van der Waals surface area contributed by atoms with Gasteiger partial charge in [0, 0.05) is 12.5 Å². The number of primary amides is 1. The Balaban J connectivity index is 2.08. The highest BCUT2D eigenvalue weighted by Gasteiger charge is 2.50. The van der Waals surface area contributed by atoms with E-state index >= 15 is 0 Å². The molecule has 0 saturated carbocycles. The summed E-state index contributed by atoms with van der Waals surface area (Å²) < 4.78 is 0. The number of rotatable bonds is 8. The minimum atomic E-state index is -0.449. The van der Waals surface area contributed by atoms with E-state index in [4.69, 9.17) is 5.73 Å². The maximum Gasteiger partial charge on any atom is 0.246 e. The summed E-state index contributed by atoms with van der Waals surface area (Å²) in [6.45, 7) is 4.63. The van der Waals surface area contributed by atoms with Gasteiger partial charge in [0.2, 0.25) is 17.7 Å². The van der Waals surface area contributed by atoms with Crippen molar-refractivity contribution < 1.29 is 14.4 Å². The predicted molar refractivity (Wildman–Crippen MR) is 103 cm³/mol. The summed E-state index contributed by atoms with van der Waals surface area (Å²) in [5.41, 5.74) is 5.25. The van der Waals surface area contributed by atoms with Crippen LogP contribution >= 0.6 is 11.8 Å². The smallest absolute Gasteiger partial charge is 0.246 e. The normalized spacial score (nSPS) is 27.7. The Morgan fingerprint density at radius 2 is 2.08 bits per heavy atom. The van der Waals surface area contributed by atoms with E-state index in [0.717, 1.165) is 31.4 Å². The van der Waals surface area contributed by atoms with E-state index in [0.29, 0.717) is 12.8 Å². The summed E-state index contributed by atoms with van der Waals surface area (Å²) in [5.74, 6) is 0.477. The van der Waals surface area contributed by atoms with Gasteiger partial charge in [0.1, 0.15) is 6.04 Å². The Kier molecular flexibility index (Phi) is 7.34. The number of likely N-dealkylation sites (N-methyl/N-ethyl adjacent to an activating group) is 1. The average Bonchev–Trinajstić information content (AvgIpc) is 2.71. The van der Waals surface area contributed by atoms with E-state index in [-0.39, 0.29) is 41.1 Å². The number of nitrogens with one attached hydrogen (secondary N) is 2. The quantitative estimate of drug-likeness (QED) is 0.538. The highest BCUT2D eigenvalue weighted by Crippen LogP contribution is 2.47. The molecule has 148 valence electrons. The zero-order chi connectivity index (χ0) is 19.3. The second-order valence-corrected chi connectivity index (χ2v) is 9.22. The maximum atomic E-state index is 13.2. The minimum Gasteiger partial charge on any atom is -0.370 e. The van der Waals surface area contributed by atoms with Crippen LogP contribution in [-0.2, 0) is 14.4 Å². The fourth-order valence-corrected chi connectivity index (χ4v) is 5.63. The van der Waals surface area contributed by atoms with E-state index in [2.05, 4.69) is 24.5 Å². The molecule has 0 aromatic carbocycles. The lowest BCUT2D eigenvalue weighted by atomic mass is 9.82. The van der Waals surface area contributed by atoms with Crippen LogP contribution in [0.3, 0.4) is 0 Å². The molecule has 26 heavy (non-hydrogen) atoms. The SMILES string of the molecule is CNCC(=O)N[C@H]1CCSC2CC(C)(C)C(CCCCC(N)=O)N2C1=O. The molecule has 2 unspecified atom stereocenters. The van der Waals surface area contributed by atoms with Crippen LogP contribution in [0, 0.1) is 5.41 Å². The predicted octanol–water partition coefficient (Wildman–Crippen LogP) is 0.826. The first-order valence-electron chi connectivity index (χ1n) is 9.42. The Labute approximate surface area is 160 Å². The summed E-state index contributed by atoms with van der Waals surface area (Å²) in [6, 6.07) is -0.322. The van der Waals surface area contributed by atoms with Crippen LogP contribution in [0.4, 0.5) is 0 Å². The van der Waals surface area contributed by atoms with Crippen molar-refractivity contribution in [2.24, 2.45) is 11.1 Å². The topological polar surface area (TPSA) is 105 Å². The van der Waals surface area contributed by atoms with Crippen LogP contribution in [0.15, 0.2) is 0 Å². The largest absolute Gasteiger partial charge is 0.370 e. The number of amides is 3. The van der Waals surface area contributed by atoms with Crippen molar-refractivity contribution in [2.45, 2.75) is 69.8 Å². The molecule has 2 rings (SSSR count). The fraction of sp³-hybridized carbons (Fsp3) is 0.833. The third kappa shape index (κ3) is 5.13. The number of hydrogen-bond donors (Lipinski definition) is 3. The van der Waals surface area contributed by atoms with Crippen LogP contribution in [-0.4, -0.2) is 59.4 Å². The summed E-state index contributed by atoms with van der Waals surface area (Å²) >= 11 is 1.82. The third-order valence-electron chi connectivity index (χ3n) is 5.34. The van der Waals surface area contributed by atoms with Crippen molar-refractivity contribution >= 4 is 29.5 Å². The lowest BCUT2D eigenvalue weighted by Gasteiger charge is -2.35. The highest BCUT2D eigenvalue weighted by atomic mass is 32.2. The molecule has 3 atom stereocenters. The van der Waals surface area contributed by atoms with Gasteiger partial charge in [-0.3, -0.25) is 14.4 Å². The van der Waals surface area contributed by atoms with Crippen LogP contribution in [0.2, 0.25) is 0 Å². The molecule has 2 aliphatic rings. The van der Waals surface area contributed by atoms with Gasteiger partial charge in [-0.05, 0) is 43.9 Å². The first-order valence-corrected chi connectivity index (χ1v) is 10.5. The number of nitrogens with zero attached hydrogens (tertiary/aromatic N) is 1. The molecular weight excluding hydrogens is 352 g/mol. The number of carbonyl (C=O) groups is 3. The summed E-state index contributed by atoms with van der Waals surface area (Å²) in [7, 11) is 1.71. The molecule has 0 aromatic heterocycles. The molecule has 2 fully saturated rings. The van der Waals surface area contributed by atoms with E-state index in [1.807, 2.05) is 16.7 Å². The van der Waals surface area contributed by atoms with Gasteiger partial charge in [0.05, 0.1) is 11.9 Å². The van der Waals surface area contributed by atoms with E-state index in [9.17, 15) is 14.4 Å². The first-order chi connectivity index (χ1) is 12.3. The zero-order valence-corrected chi connectivity index (χ0v) is 16.9. The van der Waals surface area contributed by atoms with Gasteiger partial charge in [0.25, 0.3) is 0 Å². The van der Waals surface area contributed by atoms with Crippen molar-refractivity contribution in [2.75, 3.05) is 19.3 Å². The molecule has 0 radical (unpaired) electrons. The van der Waals surface area contributed by atoms with Gasteiger partial charge in [-0.2, -0.15) is 0 Å². The zero-order valence-electron chi connectivity index (χ0n) is 16.0. The number of fused-ring (bicyclic) bond motifs is 1. The highest BCUT2D eigenvalue weighted by molar-refractivity contribution is 7.99. The molecule has 4 N–H and O–H groups in total. The molecule has 2 saturated heterocycles. The molecule has 0 aromatic rings. The van der Waals surface area contributed by atoms with Crippen molar-refractivity contribution in [1.29, 1.82) is 0 Å². The molecule has 8 heteroatoms. The lowest BCUT2D eigenvalue weighted by Crippen LogP contribution is -2.53. The molecule has 0 spiro atoms. The maximum absolute atomic E-state index is 13.2. The molecule has 0 bridgehead atoms. The van der Waals surface area contributed by atoms with Gasteiger partial charge in [-0.25, -0.2) is 0 Å². The van der Waals surface area contributed by atoms with Crippen LogP contribution in [0.1, 0.15) is 52.4 Å². The molecule has 3 amide bonds.